The van der Waals surface area contributed by atoms with Gasteiger partial charge in [0.05, 0.1) is 0 Å². The molecule has 0 saturated heterocycles. The fourth-order valence-electron chi connectivity index (χ4n) is 0.968. The van der Waals surface area contributed by atoms with Crippen LogP contribution in [0.1, 0.15) is 34.1 Å². The zero-order valence-corrected chi connectivity index (χ0v) is 8.72. The van der Waals surface area contributed by atoms with Crippen molar-refractivity contribution < 1.29 is 0 Å². The standard InChI is InChI=1S/C10H22N2/c1-8(2)10(5-6-11)7-12-9(3)4/h7-9,12H,5-6,11H2,1-4H3/b10-7-. The van der Waals surface area contributed by atoms with E-state index in [1.54, 1.807) is 0 Å². The third-order valence-electron chi connectivity index (χ3n) is 1.78. The maximum absolute atomic E-state index is 5.50. The van der Waals surface area contributed by atoms with E-state index < -0.39 is 0 Å². The Kier molecular flexibility index (Phi) is 5.81. The van der Waals surface area contributed by atoms with Gasteiger partial charge in [0.25, 0.3) is 0 Å². The number of nitrogens with one attached hydrogen (secondary N) is 1. The van der Waals surface area contributed by atoms with Gasteiger partial charge in [-0.2, -0.15) is 0 Å². The monoisotopic (exact) mass is 170 g/mol. The Bertz CT molecular complexity index is 137. The minimum absolute atomic E-state index is 0.511. The summed E-state index contributed by atoms with van der Waals surface area (Å²) in [6.07, 6.45) is 3.11. The third-order valence-corrected chi connectivity index (χ3v) is 1.78. The Morgan fingerprint density at radius 1 is 1.33 bits per heavy atom. The van der Waals surface area contributed by atoms with E-state index in [0.29, 0.717) is 12.0 Å². The summed E-state index contributed by atoms with van der Waals surface area (Å²) in [5.74, 6) is 0.597. The molecule has 2 heteroatoms. The second-order valence-corrected chi connectivity index (χ2v) is 3.73. The van der Waals surface area contributed by atoms with Crippen molar-refractivity contribution in [2.45, 2.75) is 40.2 Å². The van der Waals surface area contributed by atoms with Gasteiger partial charge in [-0.25, -0.2) is 0 Å². The largest absolute Gasteiger partial charge is 0.389 e. The molecule has 0 fully saturated rings. The highest BCUT2D eigenvalue weighted by Crippen LogP contribution is 2.11. The summed E-state index contributed by atoms with van der Waals surface area (Å²) in [5.41, 5.74) is 6.91. The van der Waals surface area contributed by atoms with Gasteiger partial charge < -0.3 is 11.1 Å². The maximum atomic E-state index is 5.50. The molecule has 0 amide bonds. The van der Waals surface area contributed by atoms with Crippen LogP contribution >= 0.6 is 0 Å². The summed E-state index contributed by atoms with van der Waals surface area (Å²) < 4.78 is 0. The number of nitrogens with two attached hydrogens (primary N) is 1. The molecule has 0 spiro atoms. The average molecular weight is 170 g/mol. The second-order valence-electron chi connectivity index (χ2n) is 3.73. The molecular weight excluding hydrogens is 148 g/mol. The van der Waals surface area contributed by atoms with Crippen LogP contribution < -0.4 is 11.1 Å². The first-order valence-corrected chi connectivity index (χ1v) is 4.73. The van der Waals surface area contributed by atoms with E-state index in [4.69, 9.17) is 5.73 Å². The molecule has 0 unspecified atom stereocenters. The van der Waals surface area contributed by atoms with Gasteiger partial charge in [0.1, 0.15) is 0 Å². The molecule has 0 aromatic heterocycles. The van der Waals surface area contributed by atoms with Gasteiger partial charge >= 0.3 is 0 Å². The lowest BCUT2D eigenvalue weighted by molar-refractivity contribution is 0.657. The minimum atomic E-state index is 0.511. The van der Waals surface area contributed by atoms with Crippen LogP contribution in [0.4, 0.5) is 0 Å². The lowest BCUT2D eigenvalue weighted by Crippen LogP contribution is -2.18. The molecule has 0 heterocycles. The van der Waals surface area contributed by atoms with Gasteiger partial charge in [0.15, 0.2) is 0 Å². The molecule has 2 nitrogen and oxygen atoms in total. The van der Waals surface area contributed by atoms with Gasteiger partial charge in [-0.3, -0.25) is 0 Å². The average Bonchev–Trinajstić information content (AvgIpc) is 1.96. The molecule has 0 aliphatic heterocycles. The van der Waals surface area contributed by atoms with Gasteiger partial charge in [-0.1, -0.05) is 19.4 Å². The minimum Gasteiger partial charge on any atom is -0.389 e. The Balaban J connectivity index is 3.99. The zero-order valence-electron chi connectivity index (χ0n) is 8.72. The normalized spacial score (nSPS) is 12.8. The highest BCUT2D eigenvalue weighted by atomic mass is 14.9. The molecule has 12 heavy (non-hydrogen) atoms. The smallest absolute Gasteiger partial charge is 0.0199 e. The van der Waals surface area contributed by atoms with E-state index >= 15 is 0 Å². The fourth-order valence-corrected chi connectivity index (χ4v) is 0.968. The highest BCUT2D eigenvalue weighted by Gasteiger charge is 2.01. The molecule has 0 rings (SSSR count). The summed E-state index contributed by atoms with van der Waals surface area (Å²) >= 11 is 0. The summed E-state index contributed by atoms with van der Waals surface area (Å²) in [4.78, 5) is 0. The van der Waals surface area contributed by atoms with E-state index in [0.717, 1.165) is 13.0 Å². The van der Waals surface area contributed by atoms with Crippen LogP contribution in [-0.2, 0) is 0 Å². The van der Waals surface area contributed by atoms with E-state index in [-0.39, 0.29) is 0 Å². The molecule has 0 saturated carbocycles. The van der Waals surface area contributed by atoms with Crippen LogP contribution in [0.2, 0.25) is 0 Å². The Hall–Kier alpha value is -0.500. The van der Waals surface area contributed by atoms with Crippen LogP contribution in [0.3, 0.4) is 0 Å². The lowest BCUT2D eigenvalue weighted by Gasteiger charge is -2.12. The molecule has 0 radical (unpaired) electrons. The summed E-state index contributed by atoms with van der Waals surface area (Å²) in [5, 5.41) is 3.29. The van der Waals surface area contributed by atoms with E-state index in [2.05, 4.69) is 39.2 Å². The van der Waals surface area contributed by atoms with Crippen LogP contribution in [-0.4, -0.2) is 12.6 Å². The van der Waals surface area contributed by atoms with Crippen molar-refractivity contribution in [3.8, 4) is 0 Å². The lowest BCUT2D eigenvalue weighted by atomic mass is 10.0. The molecule has 0 aromatic rings. The number of rotatable bonds is 5. The van der Waals surface area contributed by atoms with Crippen molar-refractivity contribution in [1.29, 1.82) is 0 Å². The highest BCUT2D eigenvalue weighted by molar-refractivity contribution is 5.04. The first-order valence-electron chi connectivity index (χ1n) is 4.73. The van der Waals surface area contributed by atoms with E-state index in [9.17, 15) is 0 Å². The van der Waals surface area contributed by atoms with Crippen LogP contribution in [0, 0.1) is 5.92 Å². The van der Waals surface area contributed by atoms with Gasteiger partial charge in [-0.05, 0) is 38.9 Å². The maximum Gasteiger partial charge on any atom is 0.0199 e. The topological polar surface area (TPSA) is 38.0 Å². The predicted molar refractivity (Wildman–Crippen MR) is 54.9 cm³/mol. The predicted octanol–water partition coefficient (Wildman–Crippen LogP) is 1.87. The first kappa shape index (κ1) is 11.5. The number of hydrogen-bond acceptors (Lipinski definition) is 2. The van der Waals surface area contributed by atoms with Gasteiger partial charge in [0, 0.05) is 6.04 Å². The second kappa shape index (κ2) is 6.06. The molecule has 0 aliphatic rings. The molecule has 0 aromatic carbocycles. The van der Waals surface area contributed by atoms with Crippen molar-refractivity contribution in [2.75, 3.05) is 6.54 Å². The molecule has 72 valence electrons. The zero-order chi connectivity index (χ0) is 9.56. The quantitative estimate of drug-likeness (QED) is 0.661. The SMILES string of the molecule is CC(C)N/C=C(/CCN)C(C)C. The van der Waals surface area contributed by atoms with Crippen molar-refractivity contribution in [3.63, 3.8) is 0 Å². The number of hydrogen-bond donors (Lipinski definition) is 2. The Morgan fingerprint density at radius 2 is 1.92 bits per heavy atom. The Labute approximate surface area is 76.2 Å². The molecular formula is C10H22N2. The van der Waals surface area contributed by atoms with E-state index in [1.165, 1.54) is 5.57 Å². The summed E-state index contributed by atoms with van der Waals surface area (Å²) in [7, 11) is 0. The van der Waals surface area contributed by atoms with Crippen LogP contribution in [0.25, 0.3) is 0 Å². The third kappa shape index (κ3) is 5.19. The molecule has 0 bridgehead atoms. The van der Waals surface area contributed by atoms with Gasteiger partial charge in [0.2, 0.25) is 0 Å². The van der Waals surface area contributed by atoms with Crippen LogP contribution in [0.15, 0.2) is 11.8 Å². The van der Waals surface area contributed by atoms with Gasteiger partial charge in [-0.15, -0.1) is 0 Å². The van der Waals surface area contributed by atoms with Crippen molar-refractivity contribution in [2.24, 2.45) is 11.7 Å². The van der Waals surface area contributed by atoms with Crippen molar-refractivity contribution >= 4 is 0 Å². The summed E-state index contributed by atoms with van der Waals surface area (Å²) in [6.45, 7) is 9.41. The Morgan fingerprint density at radius 3 is 2.25 bits per heavy atom. The first-order chi connectivity index (χ1) is 5.57. The van der Waals surface area contributed by atoms with Crippen molar-refractivity contribution in [3.05, 3.63) is 11.8 Å². The molecule has 0 aliphatic carbocycles. The molecule has 0 atom stereocenters. The van der Waals surface area contributed by atoms with Crippen molar-refractivity contribution in [1.82, 2.24) is 5.32 Å². The molecule has 3 N–H and O–H groups in total. The van der Waals surface area contributed by atoms with E-state index in [1.807, 2.05) is 0 Å². The van der Waals surface area contributed by atoms with Crippen LogP contribution in [0.5, 0.6) is 0 Å². The summed E-state index contributed by atoms with van der Waals surface area (Å²) in [6, 6.07) is 0.511. The fraction of sp³-hybridized carbons (Fsp3) is 0.800.